The van der Waals surface area contributed by atoms with Crippen molar-refractivity contribution in [2.75, 3.05) is 0 Å². The average molecular weight is 537 g/mol. The van der Waals surface area contributed by atoms with Crippen molar-refractivity contribution in [1.29, 1.82) is 0 Å². The zero-order valence-corrected chi connectivity index (χ0v) is 22.0. The maximum absolute atomic E-state index is 14.1. The minimum Gasteiger partial charge on any atom is -0.489 e. The first-order chi connectivity index (χ1) is 18.3. The van der Waals surface area contributed by atoms with Gasteiger partial charge in [-0.05, 0) is 84.9 Å². The lowest BCUT2D eigenvalue weighted by Crippen LogP contribution is -2.49. The Morgan fingerprint density at radius 3 is 2.39 bits per heavy atom. The lowest BCUT2D eigenvalue weighted by molar-refractivity contribution is 0.103. The van der Waals surface area contributed by atoms with Gasteiger partial charge in [0.15, 0.2) is 0 Å². The topological polar surface area (TPSA) is 68.1 Å². The summed E-state index contributed by atoms with van der Waals surface area (Å²) in [5.41, 5.74) is 8.53. The Morgan fingerprint density at radius 1 is 1.05 bits per heavy atom. The van der Waals surface area contributed by atoms with E-state index in [1.807, 2.05) is 43.3 Å². The summed E-state index contributed by atoms with van der Waals surface area (Å²) in [6, 6.07) is 17.0. The molecular weight excluding hydrogens is 506 g/mol. The number of hydrogen-bond acceptors (Lipinski definition) is 3. The summed E-state index contributed by atoms with van der Waals surface area (Å²) < 4.78 is 34.6. The van der Waals surface area contributed by atoms with E-state index in [4.69, 9.17) is 22.1 Å². The van der Waals surface area contributed by atoms with Crippen LogP contribution in [0.15, 0.2) is 71.7 Å². The monoisotopic (exact) mass is 536 g/mol. The lowest BCUT2D eigenvalue weighted by Gasteiger charge is -2.44. The van der Waals surface area contributed by atoms with Gasteiger partial charge in [0.2, 0.25) is 0 Å². The van der Waals surface area contributed by atoms with Gasteiger partial charge in [-0.2, -0.15) is 0 Å². The molecule has 4 nitrogen and oxygen atoms in total. The molecule has 1 saturated carbocycles. The first-order valence-corrected chi connectivity index (χ1v) is 13.4. The SMILES string of the molecule is CCC(N)[C@]1(c2cc(F)cc(F)c2)CC[C@H](Oc2cc3c(Cc4ccccc4)c[nH]c(=O)c3cc2Cl)CC1. The van der Waals surface area contributed by atoms with Gasteiger partial charge in [0.1, 0.15) is 17.4 Å². The molecular formula is C31H31ClF2N2O2. The van der Waals surface area contributed by atoms with E-state index in [1.165, 1.54) is 12.1 Å². The molecule has 3 N–H and O–H groups in total. The molecule has 4 aromatic rings. The molecule has 0 amide bonds. The average Bonchev–Trinajstić information content (AvgIpc) is 2.91. The third kappa shape index (κ3) is 5.20. The standard InChI is InChI=1S/C31H31ClF2N2O2/c1-2-29(35)31(21-13-22(33)15-23(34)14-21)10-8-24(9-11-31)38-28-17-25-20(12-19-6-4-3-5-7-19)18-36-30(37)26(25)16-27(28)32/h3-7,13-18,24,29H,2,8-12,35H2,1H3,(H,36,37)/t24-,29?,31+. The number of aromatic nitrogens is 1. The van der Waals surface area contributed by atoms with Gasteiger partial charge in [0.05, 0.1) is 11.1 Å². The van der Waals surface area contributed by atoms with Crippen LogP contribution < -0.4 is 16.0 Å². The minimum atomic E-state index is -0.592. The predicted octanol–water partition coefficient (Wildman–Crippen LogP) is 7.05. The second kappa shape index (κ2) is 10.9. The van der Waals surface area contributed by atoms with Crippen LogP contribution in [0.1, 0.15) is 55.7 Å². The third-order valence-corrected chi connectivity index (χ3v) is 8.28. The highest BCUT2D eigenvalue weighted by molar-refractivity contribution is 6.32. The van der Waals surface area contributed by atoms with E-state index in [0.717, 1.165) is 22.6 Å². The highest BCUT2D eigenvalue weighted by Gasteiger charge is 2.42. The molecule has 0 aliphatic heterocycles. The number of H-pyrrole nitrogens is 1. The molecule has 1 atom stereocenters. The summed E-state index contributed by atoms with van der Waals surface area (Å²) in [5, 5.41) is 1.68. The number of fused-ring (bicyclic) bond motifs is 1. The number of benzene rings is 3. The van der Waals surface area contributed by atoms with Crippen molar-refractivity contribution in [2.24, 2.45) is 5.73 Å². The molecule has 7 heteroatoms. The predicted molar refractivity (Wildman–Crippen MR) is 148 cm³/mol. The first-order valence-electron chi connectivity index (χ1n) is 13.1. The van der Waals surface area contributed by atoms with Crippen LogP contribution >= 0.6 is 11.6 Å². The van der Waals surface area contributed by atoms with E-state index in [9.17, 15) is 13.6 Å². The van der Waals surface area contributed by atoms with Crippen LogP contribution in [0.3, 0.4) is 0 Å². The van der Waals surface area contributed by atoms with Crippen LogP contribution in [0, 0.1) is 11.6 Å². The maximum atomic E-state index is 14.1. The smallest absolute Gasteiger partial charge is 0.255 e. The Labute approximate surface area is 225 Å². The van der Waals surface area contributed by atoms with Crippen molar-refractivity contribution in [1.82, 2.24) is 4.98 Å². The van der Waals surface area contributed by atoms with Crippen molar-refractivity contribution in [3.63, 3.8) is 0 Å². The number of nitrogens with one attached hydrogen (secondary N) is 1. The summed E-state index contributed by atoms with van der Waals surface area (Å²) in [4.78, 5) is 15.4. The Hall–Kier alpha value is -3.22. The highest BCUT2D eigenvalue weighted by Crippen LogP contribution is 2.44. The Kier molecular flexibility index (Phi) is 7.55. The van der Waals surface area contributed by atoms with Crippen LogP contribution in [0.4, 0.5) is 8.78 Å². The second-order valence-electron chi connectivity index (χ2n) is 10.3. The van der Waals surface area contributed by atoms with Crippen LogP contribution in [0.2, 0.25) is 5.02 Å². The Morgan fingerprint density at radius 2 is 1.74 bits per heavy atom. The molecule has 0 bridgehead atoms. The van der Waals surface area contributed by atoms with Gasteiger partial charge in [-0.25, -0.2) is 8.78 Å². The Bertz CT molecular complexity index is 1480. The number of ether oxygens (including phenoxy) is 1. The van der Waals surface area contributed by atoms with Crippen molar-refractivity contribution in [2.45, 2.75) is 63.0 Å². The Balaban J connectivity index is 1.41. The molecule has 198 valence electrons. The van der Waals surface area contributed by atoms with E-state index < -0.39 is 17.0 Å². The molecule has 0 saturated heterocycles. The summed E-state index contributed by atoms with van der Waals surface area (Å²) >= 11 is 6.59. The summed E-state index contributed by atoms with van der Waals surface area (Å²) in [6.07, 6.45) is 5.55. The lowest BCUT2D eigenvalue weighted by atomic mass is 9.64. The molecule has 1 aromatic heterocycles. The van der Waals surface area contributed by atoms with Gasteiger partial charge in [-0.15, -0.1) is 0 Å². The fraction of sp³-hybridized carbons (Fsp3) is 0.323. The van der Waals surface area contributed by atoms with Crippen LogP contribution in [0.5, 0.6) is 5.75 Å². The number of pyridine rings is 1. The van der Waals surface area contributed by atoms with Crippen LogP contribution in [-0.2, 0) is 11.8 Å². The molecule has 1 heterocycles. The van der Waals surface area contributed by atoms with Gasteiger partial charge in [-0.1, -0.05) is 48.9 Å². The van der Waals surface area contributed by atoms with E-state index in [1.54, 1.807) is 12.3 Å². The van der Waals surface area contributed by atoms with Gasteiger partial charge in [0, 0.05) is 29.1 Å². The van der Waals surface area contributed by atoms with Gasteiger partial charge >= 0.3 is 0 Å². The van der Waals surface area contributed by atoms with E-state index in [0.29, 0.717) is 60.2 Å². The van der Waals surface area contributed by atoms with Crippen LogP contribution in [-0.4, -0.2) is 17.1 Å². The number of aromatic amines is 1. The van der Waals surface area contributed by atoms with E-state index in [2.05, 4.69) is 4.98 Å². The molecule has 0 spiro atoms. The summed E-state index contributed by atoms with van der Waals surface area (Å²) in [5.74, 6) is -0.663. The normalized spacial score (nSPS) is 20.4. The zero-order chi connectivity index (χ0) is 26.9. The fourth-order valence-electron chi connectivity index (χ4n) is 5.88. The van der Waals surface area contributed by atoms with Crippen molar-refractivity contribution >= 4 is 22.4 Å². The largest absolute Gasteiger partial charge is 0.489 e. The van der Waals surface area contributed by atoms with E-state index in [-0.39, 0.29) is 17.7 Å². The summed E-state index contributed by atoms with van der Waals surface area (Å²) in [7, 11) is 0. The number of nitrogens with two attached hydrogens (primary N) is 1. The van der Waals surface area contributed by atoms with Gasteiger partial charge in [-0.3, -0.25) is 4.79 Å². The molecule has 1 aliphatic carbocycles. The highest BCUT2D eigenvalue weighted by atomic mass is 35.5. The van der Waals surface area contributed by atoms with Gasteiger partial charge in [0.25, 0.3) is 5.56 Å². The van der Waals surface area contributed by atoms with Crippen molar-refractivity contribution < 1.29 is 13.5 Å². The fourth-order valence-corrected chi connectivity index (χ4v) is 6.09. The van der Waals surface area contributed by atoms with Crippen molar-refractivity contribution in [3.8, 4) is 5.75 Å². The first kappa shape index (κ1) is 26.4. The van der Waals surface area contributed by atoms with Crippen molar-refractivity contribution in [3.05, 3.63) is 111 Å². The molecule has 1 unspecified atom stereocenters. The molecule has 1 aliphatic rings. The quantitative estimate of drug-likeness (QED) is 0.266. The molecule has 3 aromatic carbocycles. The molecule has 5 rings (SSSR count). The maximum Gasteiger partial charge on any atom is 0.255 e. The molecule has 38 heavy (non-hydrogen) atoms. The number of halogens is 3. The number of hydrogen-bond donors (Lipinski definition) is 2. The number of rotatable bonds is 7. The second-order valence-corrected chi connectivity index (χ2v) is 10.7. The van der Waals surface area contributed by atoms with Gasteiger partial charge < -0.3 is 15.5 Å². The van der Waals surface area contributed by atoms with Crippen LogP contribution in [0.25, 0.3) is 10.8 Å². The minimum absolute atomic E-state index is 0.139. The third-order valence-electron chi connectivity index (χ3n) is 7.98. The summed E-state index contributed by atoms with van der Waals surface area (Å²) in [6.45, 7) is 1.99. The zero-order valence-electron chi connectivity index (χ0n) is 21.3. The molecule has 0 radical (unpaired) electrons. The van der Waals surface area contributed by atoms with E-state index >= 15 is 0 Å². The molecule has 1 fully saturated rings.